The van der Waals surface area contributed by atoms with Crippen LogP contribution in [-0.2, 0) is 6.42 Å². The van der Waals surface area contributed by atoms with Crippen LogP contribution in [0.3, 0.4) is 0 Å². The fourth-order valence-corrected chi connectivity index (χ4v) is 2.67. The minimum atomic E-state index is 0.488. The van der Waals surface area contributed by atoms with Gasteiger partial charge in [-0.1, -0.05) is 43.1 Å². The van der Waals surface area contributed by atoms with E-state index in [0.717, 1.165) is 40.7 Å². The topological polar surface area (TPSA) is 38.7 Å². The Bertz CT molecular complexity index is 799. The smallest absolute Gasteiger partial charge is 0.161 e. The van der Waals surface area contributed by atoms with Gasteiger partial charge in [0, 0.05) is 22.3 Å². The molecule has 4 heteroatoms. The highest BCUT2D eigenvalue weighted by atomic mass is 35.5. The molecule has 1 aromatic carbocycles. The molecule has 3 aromatic rings. The summed E-state index contributed by atoms with van der Waals surface area (Å²) in [5.41, 5.74) is 3.86. The quantitative estimate of drug-likeness (QED) is 0.663. The van der Waals surface area contributed by atoms with E-state index < -0.39 is 0 Å². The Morgan fingerprint density at radius 2 is 1.86 bits per heavy atom. The molecule has 106 valence electrons. The number of hydrogen-bond donors (Lipinski definition) is 0. The summed E-state index contributed by atoms with van der Waals surface area (Å²) in [5.74, 6) is 0.674. The predicted molar refractivity (Wildman–Crippen MR) is 86.5 cm³/mol. The third-order valence-electron chi connectivity index (χ3n) is 3.34. The highest BCUT2D eigenvalue weighted by molar-refractivity contribution is 6.29. The Morgan fingerprint density at radius 3 is 2.67 bits per heavy atom. The fraction of sp³-hybridized carbons (Fsp3) is 0.235. The van der Waals surface area contributed by atoms with Crippen molar-refractivity contribution in [3.63, 3.8) is 0 Å². The number of hydrogen-bond acceptors (Lipinski definition) is 3. The Balaban J connectivity index is 2.24. The zero-order chi connectivity index (χ0) is 14.8. The van der Waals surface area contributed by atoms with Gasteiger partial charge in [0.2, 0.25) is 0 Å². The van der Waals surface area contributed by atoms with Crippen LogP contribution in [0, 0.1) is 6.92 Å². The maximum atomic E-state index is 6.16. The molecule has 0 spiro atoms. The number of benzene rings is 1. The lowest BCUT2D eigenvalue weighted by Gasteiger charge is -2.08. The molecule has 0 fully saturated rings. The van der Waals surface area contributed by atoms with Crippen molar-refractivity contribution in [3.05, 3.63) is 52.9 Å². The molecule has 0 saturated heterocycles. The highest BCUT2D eigenvalue weighted by Crippen LogP contribution is 2.27. The zero-order valence-electron chi connectivity index (χ0n) is 12.1. The number of halogens is 1. The Morgan fingerprint density at radius 1 is 1.05 bits per heavy atom. The van der Waals surface area contributed by atoms with Gasteiger partial charge in [0.15, 0.2) is 5.82 Å². The van der Waals surface area contributed by atoms with E-state index in [9.17, 15) is 0 Å². The summed E-state index contributed by atoms with van der Waals surface area (Å²) >= 11 is 6.16. The van der Waals surface area contributed by atoms with Crippen molar-refractivity contribution in [2.45, 2.75) is 26.7 Å². The molecule has 3 nitrogen and oxygen atoms in total. The first-order valence-corrected chi connectivity index (χ1v) is 7.45. The van der Waals surface area contributed by atoms with E-state index in [-0.39, 0.29) is 0 Å². The number of nitrogens with zero attached hydrogens (tertiary/aromatic N) is 3. The van der Waals surface area contributed by atoms with Gasteiger partial charge in [-0.15, -0.1) is 0 Å². The van der Waals surface area contributed by atoms with Gasteiger partial charge in [0.1, 0.15) is 5.15 Å². The lowest BCUT2D eigenvalue weighted by atomic mass is 10.1. The first-order chi connectivity index (χ1) is 10.2. The average Bonchev–Trinajstić information content (AvgIpc) is 2.46. The van der Waals surface area contributed by atoms with Gasteiger partial charge in [-0.25, -0.2) is 9.97 Å². The van der Waals surface area contributed by atoms with Gasteiger partial charge in [0.05, 0.1) is 5.52 Å². The first kappa shape index (κ1) is 14.0. The summed E-state index contributed by atoms with van der Waals surface area (Å²) in [6.07, 6.45) is 1.93. The molecular formula is C17H16ClN3. The van der Waals surface area contributed by atoms with Crippen LogP contribution in [0.15, 0.2) is 36.4 Å². The minimum Gasteiger partial charge on any atom is -0.253 e. The van der Waals surface area contributed by atoms with E-state index in [4.69, 9.17) is 11.6 Å². The summed E-state index contributed by atoms with van der Waals surface area (Å²) in [7, 11) is 0. The van der Waals surface area contributed by atoms with Crippen LogP contribution in [-0.4, -0.2) is 15.0 Å². The lowest BCUT2D eigenvalue weighted by Crippen LogP contribution is -1.98. The summed E-state index contributed by atoms with van der Waals surface area (Å²) in [6, 6.07) is 11.9. The van der Waals surface area contributed by atoms with Gasteiger partial charge >= 0.3 is 0 Å². The minimum absolute atomic E-state index is 0.488. The number of fused-ring (bicyclic) bond motifs is 1. The second kappa shape index (κ2) is 5.78. The van der Waals surface area contributed by atoms with E-state index in [1.807, 2.05) is 43.3 Å². The van der Waals surface area contributed by atoms with Gasteiger partial charge in [-0.3, -0.25) is 4.98 Å². The SMILES string of the molecule is CCCc1cc(Cl)nc(-c2cc(C)nc3ccccc23)n1. The molecule has 21 heavy (non-hydrogen) atoms. The van der Waals surface area contributed by atoms with Crippen LogP contribution in [0.4, 0.5) is 0 Å². The van der Waals surface area contributed by atoms with Crippen molar-refractivity contribution < 1.29 is 0 Å². The van der Waals surface area contributed by atoms with Crippen LogP contribution in [0.1, 0.15) is 24.7 Å². The molecule has 0 atom stereocenters. The zero-order valence-corrected chi connectivity index (χ0v) is 12.9. The van der Waals surface area contributed by atoms with Crippen LogP contribution >= 0.6 is 11.6 Å². The van der Waals surface area contributed by atoms with E-state index in [0.29, 0.717) is 11.0 Å². The summed E-state index contributed by atoms with van der Waals surface area (Å²) in [4.78, 5) is 13.6. The molecule has 3 rings (SSSR count). The van der Waals surface area contributed by atoms with E-state index in [2.05, 4.69) is 21.9 Å². The second-order valence-corrected chi connectivity index (χ2v) is 5.47. The number of aromatic nitrogens is 3. The van der Waals surface area contributed by atoms with Crippen LogP contribution in [0.25, 0.3) is 22.3 Å². The molecular weight excluding hydrogens is 282 g/mol. The van der Waals surface area contributed by atoms with Gasteiger partial charge in [-0.2, -0.15) is 0 Å². The van der Waals surface area contributed by atoms with Crippen LogP contribution < -0.4 is 0 Å². The summed E-state index contributed by atoms with van der Waals surface area (Å²) < 4.78 is 0. The Hall–Kier alpha value is -2.00. The number of rotatable bonds is 3. The first-order valence-electron chi connectivity index (χ1n) is 7.07. The lowest BCUT2D eigenvalue weighted by molar-refractivity contribution is 0.875. The maximum Gasteiger partial charge on any atom is 0.161 e. The van der Waals surface area contributed by atoms with Crippen LogP contribution in [0.2, 0.25) is 5.15 Å². The van der Waals surface area contributed by atoms with Crippen molar-refractivity contribution in [1.29, 1.82) is 0 Å². The molecule has 0 saturated carbocycles. The number of pyridine rings is 1. The van der Waals surface area contributed by atoms with Crippen molar-refractivity contribution in [1.82, 2.24) is 15.0 Å². The normalized spacial score (nSPS) is 11.0. The molecule has 2 aromatic heterocycles. The van der Waals surface area contributed by atoms with Crippen molar-refractivity contribution in [3.8, 4) is 11.4 Å². The molecule has 0 amide bonds. The van der Waals surface area contributed by atoms with E-state index in [1.165, 1.54) is 0 Å². The molecule has 0 bridgehead atoms. The molecule has 0 aliphatic heterocycles. The monoisotopic (exact) mass is 297 g/mol. The number of aryl methyl sites for hydroxylation is 2. The standard InChI is InChI=1S/C17H16ClN3/c1-3-6-12-10-16(18)21-17(20-12)14-9-11(2)19-15-8-5-4-7-13(14)15/h4-5,7-10H,3,6H2,1-2H3. The van der Waals surface area contributed by atoms with Gasteiger partial charge < -0.3 is 0 Å². The average molecular weight is 298 g/mol. The molecule has 2 heterocycles. The highest BCUT2D eigenvalue weighted by Gasteiger charge is 2.11. The third-order valence-corrected chi connectivity index (χ3v) is 3.53. The largest absolute Gasteiger partial charge is 0.253 e. The predicted octanol–water partition coefficient (Wildman–Crippen LogP) is 4.61. The maximum absolute atomic E-state index is 6.16. The third kappa shape index (κ3) is 2.88. The fourth-order valence-electron chi connectivity index (χ4n) is 2.46. The van der Waals surface area contributed by atoms with Gasteiger partial charge in [0.25, 0.3) is 0 Å². The molecule has 0 radical (unpaired) electrons. The second-order valence-electron chi connectivity index (χ2n) is 5.08. The van der Waals surface area contributed by atoms with Crippen molar-refractivity contribution in [2.75, 3.05) is 0 Å². The number of para-hydroxylation sites is 1. The van der Waals surface area contributed by atoms with Crippen molar-refractivity contribution >= 4 is 22.5 Å². The Kier molecular flexibility index (Phi) is 3.84. The Labute approximate surface area is 129 Å². The van der Waals surface area contributed by atoms with Crippen molar-refractivity contribution in [2.24, 2.45) is 0 Å². The van der Waals surface area contributed by atoms with Gasteiger partial charge in [-0.05, 0) is 31.5 Å². The molecule has 0 aliphatic rings. The summed E-state index contributed by atoms with van der Waals surface area (Å²) in [6.45, 7) is 4.11. The van der Waals surface area contributed by atoms with Crippen LogP contribution in [0.5, 0.6) is 0 Å². The molecule has 0 N–H and O–H groups in total. The molecule has 0 unspecified atom stereocenters. The van der Waals surface area contributed by atoms with E-state index >= 15 is 0 Å². The van der Waals surface area contributed by atoms with E-state index in [1.54, 1.807) is 0 Å². The molecule has 0 aliphatic carbocycles. The summed E-state index contributed by atoms with van der Waals surface area (Å²) in [5, 5.41) is 1.54.